The van der Waals surface area contributed by atoms with Gasteiger partial charge in [-0.1, -0.05) is 35.9 Å². The van der Waals surface area contributed by atoms with Crippen LogP contribution in [-0.2, 0) is 11.3 Å². The number of halogens is 1. The molecule has 0 radical (unpaired) electrons. The molecule has 4 aromatic rings. The number of amides is 1. The fourth-order valence-electron chi connectivity index (χ4n) is 3.09. The summed E-state index contributed by atoms with van der Waals surface area (Å²) in [5, 5.41) is 10.3. The number of aromatic amines is 1. The van der Waals surface area contributed by atoms with Crippen molar-refractivity contribution in [1.29, 1.82) is 0 Å². The number of ketones is 1. The van der Waals surface area contributed by atoms with Crippen molar-refractivity contribution in [3.63, 3.8) is 0 Å². The number of carbonyl (C=O) groups excluding carboxylic acids is 2. The van der Waals surface area contributed by atoms with Gasteiger partial charge in [-0.25, -0.2) is 0 Å². The van der Waals surface area contributed by atoms with Crippen molar-refractivity contribution in [2.75, 3.05) is 6.61 Å². The second-order valence-electron chi connectivity index (χ2n) is 7.09. The highest BCUT2D eigenvalue weighted by molar-refractivity contribution is 6.30. The van der Waals surface area contributed by atoms with Crippen molar-refractivity contribution in [3.05, 3.63) is 107 Å². The molecule has 0 saturated heterocycles. The third-order valence-electron chi connectivity index (χ3n) is 4.85. The third kappa shape index (κ3) is 5.42. The van der Waals surface area contributed by atoms with E-state index in [1.165, 1.54) is 0 Å². The monoisotopic (exact) mass is 445 g/mol. The normalized spacial score (nSPS) is 10.5. The van der Waals surface area contributed by atoms with Crippen LogP contribution in [0.5, 0.6) is 5.75 Å². The van der Waals surface area contributed by atoms with Crippen molar-refractivity contribution in [2.24, 2.45) is 0 Å². The second-order valence-corrected chi connectivity index (χ2v) is 7.53. The highest BCUT2D eigenvalue weighted by atomic mass is 35.5. The lowest BCUT2D eigenvalue weighted by atomic mass is 10.0. The van der Waals surface area contributed by atoms with Crippen LogP contribution in [0, 0.1) is 0 Å². The minimum absolute atomic E-state index is 0.107. The molecule has 1 heterocycles. The zero-order chi connectivity index (χ0) is 22.3. The summed E-state index contributed by atoms with van der Waals surface area (Å²) in [6, 6.07) is 23.2. The van der Waals surface area contributed by atoms with Gasteiger partial charge in [-0.15, -0.1) is 0 Å². The maximum Gasteiger partial charge on any atom is 0.258 e. The minimum Gasteiger partial charge on any atom is -0.484 e. The quantitative estimate of drug-likeness (QED) is 0.386. The Morgan fingerprint density at radius 1 is 0.875 bits per heavy atom. The number of rotatable bonds is 8. The zero-order valence-electron chi connectivity index (χ0n) is 17.0. The van der Waals surface area contributed by atoms with Gasteiger partial charge < -0.3 is 10.1 Å². The van der Waals surface area contributed by atoms with E-state index in [-0.39, 0.29) is 18.3 Å². The molecule has 0 saturated carbocycles. The molecule has 2 N–H and O–H groups in total. The molecule has 6 nitrogen and oxygen atoms in total. The van der Waals surface area contributed by atoms with Crippen LogP contribution in [0.2, 0.25) is 5.02 Å². The molecule has 1 amide bonds. The van der Waals surface area contributed by atoms with Crippen LogP contribution in [0.25, 0.3) is 11.3 Å². The molecule has 0 aliphatic heterocycles. The number of benzene rings is 3. The minimum atomic E-state index is -0.232. The van der Waals surface area contributed by atoms with E-state index < -0.39 is 0 Å². The van der Waals surface area contributed by atoms with Crippen molar-refractivity contribution >= 4 is 23.3 Å². The molecule has 32 heavy (non-hydrogen) atoms. The first-order valence-corrected chi connectivity index (χ1v) is 10.3. The lowest BCUT2D eigenvalue weighted by Crippen LogP contribution is -2.28. The molecule has 0 atom stereocenters. The topological polar surface area (TPSA) is 84.1 Å². The average Bonchev–Trinajstić information content (AvgIpc) is 3.37. The van der Waals surface area contributed by atoms with E-state index in [0.717, 1.165) is 16.8 Å². The molecule has 0 aliphatic carbocycles. The Labute approximate surface area is 190 Å². The molecule has 160 valence electrons. The molecule has 0 bridgehead atoms. The van der Waals surface area contributed by atoms with Crippen LogP contribution in [0.3, 0.4) is 0 Å². The van der Waals surface area contributed by atoms with E-state index in [2.05, 4.69) is 15.5 Å². The van der Waals surface area contributed by atoms with Crippen LogP contribution in [-0.4, -0.2) is 28.5 Å². The lowest BCUT2D eigenvalue weighted by Gasteiger charge is -2.09. The second kappa shape index (κ2) is 9.94. The zero-order valence-corrected chi connectivity index (χ0v) is 17.8. The van der Waals surface area contributed by atoms with Crippen LogP contribution in [0.1, 0.15) is 21.5 Å². The van der Waals surface area contributed by atoms with E-state index in [1.807, 2.05) is 30.3 Å². The SMILES string of the molecule is O=C(COc1ccc(C(=O)c2ccc(Cl)cc2)cc1)NCc1ccc(-c2ccn[nH]2)cc1. The fourth-order valence-corrected chi connectivity index (χ4v) is 3.22. The Morgan fingerprint density at radius 2 is 1.53 bits per heavy atom. The van der Waals surface area contributed by atoms with Gasteiger partial charge in [0.2, 0.25) is 0 Å². The first kappa shape index (κ1) is 21.3. The summed E-state index contributed by atoms with van der Waals surface area (Å²) in [6.07, 6.45) is 1.70. The fraction of sp³-hybridized carbons (Fsp3) is 0.0800. The summed E-state index contributed by atoms with van der Waals surface area (Å²) in [7, 11) is 0. The predicted molar refractivity (Wildman–Crippen MR) is 123 cm³/mol. The summed E-state index contributed by atoms with van der Waals surface area (Å²) in [5.74, 6) is 0.171. The number of carbonyl (C=O) groups is 2. The maximum atomic E-state index is 12.5. The van der Waals surface area contributed by atoms with Crippen molar-refractivity contribution in [2.45, 2.75) is 6.54 Å². The van der Waals surface area contributed by atoms with E-state index in [1.54, 1.807) is 54.7 Å². The summed E-state index contributed by atoms with van der Waals surface area (Å²) in [5.41, 5.74) is 4.03. The molecular formula is C25H20ClN3O3. The number of ether oxygens (including phenoxy) is 1. The van der Waals surface area contributed by atoms with E-state index >= 15 is 0 Å². The molecular weight excluding hydrogens is 426 g/mol. The van der Waals surface area contributed by atoms with Crippen molar-refractivity contribution < 1.29 is 14.3 Å². The highest BCUT2D eigenvalue weighted by Gasteiger charge is 2.10. The van der Waals surface area contributed by atoms with Gasteiger partial charge in [0, 0.05) is 28.9 Å². The lowest BCUT2D eigenvalue weighted by molar-refractivity contribution is -0.123. The molecule has 4 rings (SSSR count). The van der Waals surface area contributed by atoms with Gasteiger partial charge in [-0.3, -0.25) is 14.7 Å². The summed E-state index contributed by atoms with van der Waals surface area (Å²) in [4.78, 5) is 24.6. The number of hydrogen-bond acceptors (Lipinski definition) is 4. The van der Waals surface area contributed by atoms with Gasteiger partial charge in [0.1, 0.15) is 5.75 Å². The van der Waals surface area contributed by atoms with Crippen LogP contribution < -0.4 is 10.1 Å². The Bertz CT molecular complexity index is 1190. The van der Waals surface area contributed by atoms with Crippen molar-refractivity contribution in [1.82, 2.24) is 15.5 Å². The molecule has 0 aliphatic rings. The van der Waals surface area contributed by atoms with E-state index in [9.17, 15) is 9.59 Å². The van der Waals surface area contributed by atoms with E-state index in [0.29, 0.717) is 28.4 Å². The summed E-state index contributed by atoms with van der Waals surface area (Å²) >= 11 is 5.86. The smallest absolute Gasteiger partial charge is 0.258 e. The molecule has 0 unspecified atom stereocenters. The number of aromatic nitrogens is 2. The summed E-state index contributed by atoms with van der Waals surface area (Å²) in [6.45, 7) is 0.288. The predicted octanol–water partition coefficient (Wildman–Crippen LogP) is 4.66. The third-order valence-corrected chi connectivity index (χ3v) is 5.10. The van der Waals surface area contributed by atoms with Gasteiger partial charge in [-0.05, 0) is 65.7 Å². The number of nitrogens with one attached hydrogen (secondary N) is 2. The summed E-state index contributed by atoms with van der Waals surface area (Å²) < 4.78 is 5.53. The van der Waals surface area contributed by atoms with Crippen LogP contribution >= 0.6 is 11.6 Å². The molecule has 3 aromatic carbocycles. The first-order chi connectivity index (χ1) is 15.6. The van der Waals surface area contributed by atoms with Gasteiger partial charge in [0.05, 0.1) is 5.69 Å². The Kier molecular flexibility index (Phi) is 6.63. The number of H-pyrrole nitrogens is 1. The Hall–Kier alpha value is -3.90. The Balaban J connectivity index is 1.25. The number of hydrogen-bond donors (Lipinski definition) is 2. The van der Waals surface area contributed by atoms with Crippen molar-refractivity contribution in [3.8, 4) is 17.0 Å². The first-order valence-electron chi connectivity index (χ1n) is 9.97. The van der Waals surface area contributed by atoms with Gasteiger partial charge >= 0.3 is 0 Å². The highest BCUT2D eigenvalue weighted by Crippen LogP contribution is 2.18. The molecule has 1 aromatic heterocycles. The standard InChI is InChI=1S/C25H20ClN3O3/c26-21-9-5-19(6-10-21)25(31)20-7-11-22(12-8-20)32-16-24(30)27-15-17-1-3-18(4-2-17)23-13-14-28-29-23/h1-14H,15-16H2,(H,27,30)(H,28,29). The molecule has 7 heteroatoms. The van der Waals surface area contributed by atoms with Gasteiger partial charge in [0.15, 0.2) is 12.4 Å². The van der Waals surface area contributed by atoms with Crippen LogP contribution in [0.4, 0.5) is 0 Å². The van der Waals surface area contributed by atoms with E-state index in [4.69, 9.17) is 16.3 Å². The molecule has 0 spiro atoms. The number of nitrogens with zero attached hydrogens (tertiary/aromatic N) is 1. The maximum absolute atomic E-state index is 12.5. The average molecular weight is 446 g/mol. The molecule has 0 fully saturated rings. The van der Waals surface area contributed by atoms with Crippen LogP contribution in [0.15, 0.2) is 85.1 Å². The Morgan fingerprint density at radius 3 is 2.16 bits per heavy atom. The van der Waals surface area contributed by atoms with Gasteiger partial charge in [-0.2, -0.15) is 5.10 Å². The largest absolute Gasteiger partial charge is 0.484 e. The van der Waals surface area contributed by atoms with Gasteiger partial charge in [0.25, 0.3) is 5.91 Å².